The van der Waals surface area contributed by atoms with Crippen molar-refractivity contribution in [3.63, 3.8) is 0 Å². The number of ether oxygens (including phenoxy) is 3. The molecule has 0 unspecified atom stereocenters. The summed E-state index contributed by atoms with van der Waals surface area (Å²) in [6, 6.07) is 28.2. The van der Waals surface area contributed by atoms with E-state index in [0.717, 1.165) is 27.6 Å². The second-order valence-corrected chi connectivity index (χ2v) is 15.1. The van der Waals surface area contributed by atoms with Crippen LogP contribution in [0, 0.1) is 0 Å². The Morgan fingerprint density at radius 3 is 1.85 bits per heavy atom. The number of carboxylic acid groups (broad SMARTS) is 1. The number of rotatable bonds is 19. The summed E-state index contributed by atoms with van der Waals surface area (Å²) in [6.07, 6.45) is 0.924. The number of carbonyl (C=O) groups is 5. The molecule has 0 radical (unpaired) electrons. The molecule has 14 heteroatoms. The van der Waals surface area contributed by atoms with Crippen LogP contribution in [0.1, 0.15) is 49.9 Å². The molecule has 0 aliphatic heterocycles. The summed E-state index contributed by atoms with van der Waals surface area (Å²) in [4.78, 5) is 69.9. The molecule has 4 atom stereocenters. The van der Waals surface area contributed by atoms with Gasteiger partial charge in [-0.15, -0.1) is 0 Å². The summed E-state index contributed by atoms with van der Waals surface area (Å²) in [5.74, 6) is -2.92. The molecule has 0 fully saturated rings. The number of aliphatic carboxylic acids is 1. The van der Waals surface area contributed by atoms with Crippen LogP contribution in [0.4, 0.5) is 4.79 Å². The molecule has 0 saturated heterocycles. The van der Waals surface area contributed by atoms with Gasteiger partial charge >= 0.3 is 12.1 Å². The van der Waals surface area contributed by atoms with Crippen LogP contribution in [0.15, 0.2) is 115 Å². The molecule has 4 amide bonds. The van der Waals surface area contributed by atoms with Crippen molar-refractivity contribution in [1.29, 1.82) is 0 Å². The summed E-state index contributed by atoms with van der Waals surface area (Å²) in [5, 5.41) is 20.9. The summed E-state index contributed by atoms with van der Waals surface area (Å²) in [5.41, 5.74) is 3.16. The average Bonchev–Trinajstić information content (AvgIpc) is 3.62. The van der Waals surface area contributed by atoms with E-state index in [-0.39, 0.29) is 26.1 Å². The summed E-state index contributed by atoms with van der Waals surface area (Å²) in [6.45, 7) is 6.55. The average molecular weight is 806 g/mol. The van der Waals surface area contributed by atoms with E-state index in [1.54, 1.807) is 51.2 Å². The van der Waals surface area contributed by atoms with Crippen LogP contribution < -0.4 is 26.0 Å². The van der Waals surface area contributed by atoms with E-state index in [1.165, 1.54) is 6.92 Å². The zero-order chi connectivity index (χ0) is 42.4. The first-order chi connectivity index (χ1) is 28.2. The summed E-state index contributed by atoms with van der Waals surface area (Å²) in [7, 11) is 0. The Labute approximate surface area is 343 Å². The first-order valence-electron chi connectivity index (χ1n) is 19.3. The Hall–Kier alpha value is -6.67. The quantitative estimate of drug-likeness (QED) is 0.0650. The molecule has 0 aliphatic rings. The first-order valence-corrected chi connectivity index (χ1v) is 19.3. The van der Waals surface area contributed by atoms with Gasteiger partial charge in [-0.05, 0) is 68.1 Å². The van der Waals surface area contributed by atoms with Crippen LogP contribution in [0.25, 0.3) is 10.9 Å². The standard InChI is InChI=1S/C45H51N5O9/c1-29(43(54)55)47-40(51)37(23-30-19-21-34(22-20-30)58-27-32-15-9-6-10-16-32)48-42(53)39(28-57-26-31-13-7-5-8-14-31)49-41(52)38(50-44(56)59-45(2,3)4)24-33-25-46-36-18-12-11-17-35(33)36/h5-22,25,29,37-39,46H,23-24,26-28H2,1-4H3,(H,47,51)(H,48,53)(H,49,52)(H,50,56)(H,54,55)/t29-,37+,38+,39+/m1/s1. The van der Waals surface area contributed by atoms with Gasteiger partial charge in [0.05, 0.1) is 13.2 Å². The van der Waals surface area contributed by atoms with Crippen LogP contribution in [-0.4, -0.2) is 76.2 Å². The number of para-hydroxylation sites is 1. The van der Waals surface area contributed by atoms with Gasteiger partial charge in [0.25, 0.3) is 0 Å². The fraction of sp³-hybridized carbons (Fsp3) is 0.311. The van der Waals surface area contributed by atoms with Gasteiger partial charge < -0.3 is 45.6 Å². The van der Waals surface area contributed by atoms with Crippen molar-refractivity contribution in [3.05, 3.63) is 138 Å². The predicted molar refractivity (Wildman–Crippen MR) is 221 cm³/mol. The zero-order valence-electron chi connectivity index (χ0n) is 33.5. The third-order valence-corrected chi connectivity index (χ3v) is 9.11. The van der Waals surface area contributed by atoms with Crippen LogP contribution in [-0.2, 0) is 54.7 Å². The van der Waals surface area contributed by atoms with E-state index in [4.69, 9.17) is 14.2 Å². The van der Waals surface area contributed by atoms with Crippen molar-refractivity contribution in [3.8, 4) is 5.75 Å². The van der Waals surface area contributed by atoms with Gasteiger partial charge in [0.2, 0.25) is 17.7 Å². The highest BCUT2D eigenvalue weighted by Gasteiger charge is 2.32. The number of nitrogens with one attached hydrogen (secondary N) is 5. The molecule has 5 aromatic rings. The number of amides is 4. The molecule has 14 nitrogen and oxygen atoms in total. The molecule has 0 saturated carbocycles. The molecule has 1 heterocycles. The van der Waals surface area contributed by atoms with Crippen molar-refractivity contribution < 1.29 is 43.3 Å². The first kappa shape index (κ1) is 43.5. The Bertz CT molecular complexity index is 2170. The molecule has 310 valence electrons. The van der Waals surface area contributed by atoms with Gasteiger partial charge in [-0.2, -0.15) is 0 Å². The number of benzene rings is 4. The topological polar surface area (TPSA) is 197 Å². The number of carbonyl (C=O) groups excluding carboxylic acids is 4. The molecule has 0 bridgehead atoms. The minimum atomic E-state index is -1.36. The zero-order valence-corrected chi connectivity index (χ0v) is 33.5. The van der Waals surface area contributed by atoms with Crippen molar-refractivity contribution >= 4 is 40.7 Å². The number of hydrogen-bond donors (Lipinski definition) is 6. The predicted octanol–water partition coefficient (Wildman–Crippen LogP) is 5.20. The molecule has 6 N–H and O–H groups in total. The fourth-order valence-electron chi connectivity index (χ4n) is 6.06. The highest BCUT2D eigenvalue weighted by Crippen LogP contribution is 2.20. The van der Waals surface area contributed by atoms with Crippen LogP contribution >= 0.6 is 0 Å². The lowest BCUT2D eigenvalue weighted by atomic mass is 10.0. The monoisotopic (exact) mass is 805 g/mol. The lowest BCUT2D eigenvalue weighted by Gasteiger charge is -2.27. The largest absolute Gasteiger partial charge is 0.489 e. The van der Waals surface area contributed by atoms with Crippen LogP contribution in [0.5, 0.6) is 5.75 Å². The van der Waals surface area contributed by atoms with Crippen molar-refractivity contribution in [2.24, 2.45) is 0 Å². The number of fused-ring (bicyclic) bond motifs is 1. The molecule has 0 spiro atoms. The lowest BCUT2D eigenvalue weighted by molar-refractivity contribution is -0.141. The Kier molecular flexibility index (Phi) is 15.2. The number of carboxylic acids is 1. The maximum absolute atomic E-state index is 14.2. The molecule has 1 aromatic heterocycles. The van der Waals surface area contributed by atoms with Gasteiger partial charge in [0.15, 0.2) is 0 Å². The molecule has 59 heavy (non-hydrogen) atoms. The van der Waals surface area contributed by atoms with Crippen LogP contribution in [0.3, 0.4) is 0 Å². The number of H-pyrrole nitrogens is 1. The van der Waals surface area contributed by atoms with Gasteiger partial charge in [-0.25, -0.2) is 4.79 Å². The fourth-order valence-corrected chi connectivity index (χ4v) is 6.06. The second-order valence-electron chi connectivity index (χ2n) is 15.1. The highest BCUT2D eigenvalue weighted by molar-refractivity contribution is 5.95. The number of aromatic amines is 1. The maximum atomic E-state index is 14.2. The molecular formula is C45H51N5O9. The molecule has 0 aliphatic carbocycles. The number of hydrogen-bond acceptors (Lipinski definition) is 8. The third kappa shape index (κ3) is 13.7. The smallest absolute Gasteiger partial charge is 0.408 e. The SMILES string of the molecule is C[C@@H](NC(=O)[C@H](Cc1ccc(OCc2ccccc2)cc1)NC(=O)[C@H](COCc1ccccc1)NC(=O)[C@H](Cc1c[nH]c2ccccc12)NC(=O)OC(C)(C)C)C(=O)O. The van der Waals surface area contributed by atoms with Crippen molar-refractivity contribution in [2.45, 2.75) is 83.5 Å². The lowest BCUT2D eigenvalue weighted by Crippen LogP contribution is -2.59. The molecule has 4 aromatic carbocycles. The van der Waals surface area contributed by atoms with E-state index in [2.05, 4.69) is 26.3 Å². The second kappa shape index (κ2) is 20.7. The van der Waals surface area contributed by atoms with Crippen LogP contribution in [0.2, 0.25) is 0 Å². The Morgan fingerprint density at radius 1 is 0.644 bits per heavy atom. The molecule has 5 rings (SSSR count). The highest BCUT2D eigenvalue weighted by atomic mass is 16.6. The van der Waals surface area contributed by atoms with Gasteiger partial charge in [0.1, 0.15) is 42.1 Å². The minimum absolute atomic E-state index is 0.0300. The van der Waals surface area contributed by atoms with E-state index < -0.39 is 59.6 Å². The Morgan fingerprint density at radius 2 is 1.20 bits per heavy atom. The maximum Gasteiger partial charge on any atom is 0.408 e. The number of alkyl carbamates (subject to hydrolysis) is 1. The van der Waals surface area contributed by atoms with E-state index in [9.17, 15) is 29.1 Å². The van der Waals surface area contributed by atoms with E-state index in [1.807, 2.05) is 84.9 Å². The van der Waals surface area contributed by atoms with E-state index >= 15 is 0 Å². The minimum Gasteiger partial charge on any atom is -0.489 e. The van der Waals surface area contributed by atoms with E-state index in [0.29, 0.717) is 17.9 Å². The molecular weight excluding hydrogens is 755 g/mol. The normalized spacial score (nSPS) is 13.3. The van der Waals surface area contributed by atoms with Gasteiger partial charge in [0, 0.05) is 29.9 Å². The van der Waals surface area contributed by atoms with Crippen molar-refractivity contribution in [2.75, 3.05) is 6.61 Å². The van der Waals surface area contributed by atoms with Gasteiger partial charge in [-0.3, -0.25) is 19.2 Å². The van der Waals surface area contributed by atoms with Crippen molar-refractivity contribution in [1.82, 2.24) is 26.3 Å². The third-order valence-electron chi connectivity index (χ3n) is 9.11. The summed E-state index contributed by atoms with van der Waals surface area (Å²) < 4.78 is 17.3. The van der Waals surface area contributed by atoms with Gasteiger partial charge in [-0.1, -0.05) is 91.0 Å². The summed E-state index contributed by atoms with van der Waals surface area (Å²) >= 11 is 0. The Balaban J connectivity index is 1.37. The number of aromatic nitrogens is 1.